The maximum atomic E-state index is 2.59. The molecule has 0 saturated carbocycles. The van der Waals surface area contributed by atoms with Crippen LogP contribution in [0.3, 0.4) is 0 Å². The SMILES string of the molecule is CCCC(C)(CC)C(C(C)CC(C)(CC)CC)C(C)(CC)CC. The zero-order valence-corrected chi connectivity index (χ0v) is 18.3. The van der Waals surface area contributed by atoms with Crippen LogP contribution in [0.15, 0.2) is 0 Å². The van der Waals surface area contributed by atoms with E-state index in [2.05, 4.69) is 69.2 Å². The maximum absolute atomic E-state index is 2.59. The van der Waals surface area contributed by atoms with E-state index in [-0.39, 0.29) is 0 Å². The molecule has 0 heteroatoms. The molecule has 0 N–H and O–H groups in total. The summed E-state index contributed by atoms with van der Waals surface area (Å²) in [5.41, 5.74) is 1.47. The van der Waals surface area contributed by atoms with Crippen LogP contribution in [0.25, 0.3) is 0 Å². The van der Waals surface area contributed by atoms with E-state index in [1.165, 1.54) is 51.4 Å². The smallest absolute Gasteiger partial charge is 0.0280 e. The lowest BCUT2D eigenvalue weighted by Crippen LogP contribution is -2.44. The fourth-order valence-corrected chi connectivity index (χ4v) is 5.46. The molecule has 0 radical (unpaired) electrons. The van der Waals surface area contributed by atoms with Crippen molar-refractivity contribution < 1.29 is 0 Å². The van der Waals surface area contributed by atoms with Gasteiger partial charge in [-0.15, -0.1) is 0 Å². The number of hydrogen-bond donors (Lipinski definition) is 0. The van der Waals surface area contributed by atoms with E-state index >= 15 is 0 Å². The first-order valence-corrected chi connectivity index (χ1v) is 10.6. The molecule has 0 nitrogen and oxygen atoms in total. The molecule has 0 aliphatic heterocycles. The Labute approximate surface area is 149 Å². The van der Waals surface area contributed by atoms with Crippen molar-refractivity contribution in [2.45, 2.75) is 121 Å². The van der Waals surface area contributed by atoms with Gasteiger partial charge >= 0.3 is 0 Å². The summed E-state index contributed by atoms with van der Waals surface area (Å²) in [5, 5.41) is 0. The average Bonchev–Trinajstić information content (AvgIpc) is 2.54. The van der Waals surface area contributed by atoms with Crippen LogP contribution in [0.2, 0.25) is 0 Å². The summed E-state index contributed by atoms with van der Waals surface area (Å²) >= 11 is 0. The minimum atomic E-state index is 0.474. The monoisotopic (exact) mass is 324 g/mol. The molecule has 0 saturated heterocycles. The third-order valence-electron chi connectivity index (χ3n) is 7.84. The predicted octanol–water partition coefficient (Wildman–Crippen LogP) is 8.50. The Morgan fingerprint density at radius 2 is 1.09 bits per heavy atom. The van der Waals surface area contributed by atoms with E-state index in [1.54, 1.807) is 0 Å². The van der Waals surface area contributed by atoms with Gasteiger partial charge in [-0.25, -0.2) is 0 Å². The molecule has 0 aliphatic carbocycles. The second-order valence-electron chi connectivity index (χ2n) is 9.30. The lowest BCUT2D eigenvalue weighted by atomic mass is 9.53. The van der Waals surface area contributed by atoms with Crippen molar-refractivity contribution in [1.82, 2.24) is 0 Å². The first-order valence-electron chi connectivity index (χ1n) is 10.6. The van der Waals surface area contributed by atoms with Gasteiger partial charge in [-0.1, -0.05) is 108 Å². The van der Waals surface area contributed by atoms with Gasteiger partial charge in [0.2, 0.25) is 0 Å². The molecule has 0 rings (SSSR count). The summed E-state index contributed by atoms with van der Waals surface area (Å²) < 4.78 is 0. The standard InChI is InChI=1S/C23H48/c1-11-17-23(10,16-6)20(22(9,14-4)15-5)19(7)18-21(8,12-2)13-3/h19-20H,11-18H2,1-10H3. The molecule has 0 aromatic rings. The lowest BCUT2D eigenvalue weighted by Gasteiger charge is -2.52. The van der Waals surface area contributed by atoms with Gasteiger partial charge in [0.05, 0.1) is 0 Å². The quantitative estimate of drug-likeness (QED) is 0.337. The van der Waals surface area contributed by atoms with Crippen LogP contribution < -0.4 is 0 Å². The third-order valence-corrected chi connectivity index (χ3v) is 7.84. The van der Waals surface area contributed by atoms with E-state index in [9.17, 15) is 0 Å². The van der Waals surface area contributed by atoms with Crippen molar-refractivity contribution in [1.29, 1.82) is 0 Å². The van der Waals surface area contributed by atoms with Crippen molar-refractivity contribution in [2.24, 2.45) is 28.1 Å². The molecular weight excluding hydrogens is 276 g/mol. The second-order valence-corrected chi connectivity index (χ2v) is 9.30. The zero-order chi connectivity index (χ0) is 18.3. The van der Waals surface area contributed by atoms with E-state index in [4.69, 9.17) is 0 Å². The van der Waals surface area contributed by atoms with Crippen LogP contribution in [0.4, 0.5) is 0 Å². The van der Waals surface area contributed by atoms with Gasteiger partial charge in [-0.2, -0.15) is 0 Å². The number of rotatable bonds is 12. The minimum Gasteiger partial charge on any atom is -0.0654 e. The molecule has 3 unspecified atom stereocenters. The summed E-state index contributed by atoms with van der Waals surface area (Å²) in [5.74, 6) is 1.63. The van der Waals surface area contributed by atoms with Gasteiger partial charge in [-0.05, 0) is 40.9 Å². The number of hydrogen-bond acceptors (Lipinski definition) is 0. The van der Waals surface area contributed by atoms with E-state index in [0.29, 0.717) is 16.2 Å². The highest BCUT2D eigenvalue weighted by atomic mass is 14.5. The average molecular weight is 325 g/mol. The summed E-state index contributed by atoms with van der Waals surface area (Å²) in [6.07, 6.45) is 10.6. The predicted molar refractivity (Wildman–Crippen MR) is 108 cm³/mol. The highest BCUT2D eigenvalue weighted by Crippen LogP contribution is 2.55. The molecular formula is C23H48. The molecule has 23 heavy (non-hydrogen) atoms. The Morgan fingerprint density at radius 3 is 1.39 bits per heavy atom. The third kappa shape index (κ3) is 5.50. The van der Waals surface area contributed by atoms with Gasteiger partial charge in [0.15, 0.2) is 0 Å². The molecule has 3 atom stereocenters. The van der Waals surface area contributed by atoms with Gasteiger partial charge in [0.1, 0.15) is 0 Å². The molecule has 0 amide bonds. The van der Waals surface area contributed by atoms with Crippen LogP contribution in [0.1, 0.15) is 121 Å². The largest absolute Gasteiger partial charge is 0.0654 e. The molecule has 0 aromatic heterocycles. The fourth-order valence-electron chi connectivity index (χ4n) is 5.46. The summed E-state index contributed by atoms with van der Waals surface area (Å²) in [4.78, 5) is 0. The molecule has 0 heterocycles. The second kappa shape index (κ2) is 9.47. The van der Waals surface area contributed by atoms with Crippen LogP contribution in [-0.2, 0) is 0 Å². The lowest BCUT2D eigenvalue weighted by molar-refractivity contribution is -0.0282. The van der Waals surface area contributed by atoms with Gasteiger partial charge in [0.25, 0.3) is 0 Å². The Kier molecular flexibility index (Phi) is 9.47. The Balaban J connectivity index is 5.76. The first kappa shape index (κ1) is 23.0. The fraction of sp³-hybridized carbons (Fsp3) is 1.00. The van der Waals surface area contributed by atoms with Crippen LogP contribution in [0.5, 0.6) is 0 Å². The van der Waals surface area contributed by atoms with Crippen molar-refractivity contribution in [3.63, 3.8) is 0 Å². The van der Waals surface area contributed by atoms with Crippen LogP contribution in [0, 0.1) is 28.1 Å². The Hall–Kier alpha value is 0. The molecule has 0 bridgehead atoms. The summed E-state index contributed by atoms with van der Waals surface area (Å²) in [7, 11) is 0. The van der Waals surface area contributed by atoms with Crippen molar-refractivity contribution in [3.05, 3.63) is 0 Å². The van der Waals surface area contributed by atoms with Crippen molar-refractivity contribution in [2.75, 3.05) is 0 Å². The van der Waals surface area contributed by atoms with Gasteiger partial charge in [0, 0.05) is 0 Å². The minimum absolute atomic E-state index is 0.474. The topological polar surface area (TPSA) is 0 Å². The van der Waals surface area contributed by atoms with Gasteiger partial charge in [-0.3, -0.25) is 0 Å². The summed E-state index contributed by atoms with van der Waals surface area (Å²) in [6, 6.07) is 0. The van der Waals surface area contributed by atoms with E-state index < -0.39 is 0 Å². The Morgan fingerprint density at radius 1 is 0.652 bits per heavy atom. The summed E-state index contributed by atoms with van der Waals surface area (Å²) in [6.45, 7) is 24.7. The van der Waals surface area contributed by atoms with E-state index in [1.807, 2.05) is 0 Å². The molecule has 0 spiro atoms. The van der Waals surface area contributed by atoms with Crippen LogP contribution in [-0.4, -0.2) is 0 Å². The van der Waals surface area contributed by atoms with Crippen LogP contribution >= 0.6 is 0 Å². The van der Waals surface area contributed by atoms with Gasteiger partial charge < -0.3 is 0 Å². The molecule has 0 fully saturated rings. The highest BCUT2D eigenvalue weighted by Gasteiger charge is 2.46. The highest BCUT2D eigenvalue weighted by molar-refractivity contribution is 4.95. The molecule has 140 valence electrons. The first-order chi connectivity index (χ1) is 10.6. The van der Waals surface area contributed by atoms with Crippen molar-refractivity contribution >= 4 is 0 Å². The Bertz CT molecular complexity index is 308. The molecule has 0 aromatic carbocycles. The molecule has 0 aliphatic rings. The zero-order valence-electron chi connectivity index (χ0n) is 18.3. The van der Waals surface area contributed by atoms with Crippen molar-refractivity contribution in [3.8, 4) is 0 Å². The normalized spacial score (nSPS) is 18.5. The maximum Gasteiger partial charge on any atom is -0.0280 e. The van der Waals surface area contributed by atoms with E-state index in [0.717, 1.165) is 11.8 Å².